The average Bonchev–Trinajstić information content (AvgIpc) is 2.61. The van der Waals surface area contributed by atoms with Crippen LogP contribution in [0.25, 0.3) is 10.9 Å². The molecule has 0 bridgehead atoms. The molecule has 3 N–H and O–H groups in total. The largest absolute Gasteiger partial charge is 0.321 e. The van der Waals surface area contributed by atoms with E-state index in [-0.39, 0.29) is 11.0 Å². The number of aromatic amines is 1. The standard InChI is InChI=1S/C12H15N3/c1-11(2)7-12(11,13)9-5-3-4-8-6-14-15-10(8)9/h3-6H,7,13H2,1-2H3,(H,14,15). The number of nitrogens with two attached hydrogens (primary N) is 1. The quantitative estimate of drug-likeness (QED) is 0.742. The summed E-state index contributed by atoms with van der Waals surface area (Å²) in [6, 6.07) is 6.21. The lowest BCUT2D eigenvalue weighted by molar-refractivity contribution is 0.512. The fraction of sp³-hybridized carbons (Fsp3) is 0.417. The molecular formula is C12H15N3. The van der Waals surface area contributed by atoms with Crippen molar-refractivity contribution in [3.05, 3.63) is 30.0 Å². The molecule has 0 spiro atoms. The number of hydrogen-bond acceptors (Lipinski definition) is 2. The van der Waals surface area contributed by atoms with Gasteiger partial charge < -0.3 is 5.73 Å². The molecule has 2 aromatic rings. The van der Waals surface area contributed by atoms with Crippen molar-refractivity contribution in [2.24, 2.45) is 11.1 Å². The summed E-state index contributed by atoms with van der Waals surface area (Å²) in [4.78, 5) is 0. The van der Waals surface area contributed by atoms with Crippen LogP contribution in [-0.2, 0) is 5.54 Å². The van der Waals surface area contributed by atoms with Gasteiger partial charge in [-0.1, -0.05) is 32.0 Å². The first-order chi connectivity index (χ1) is 7.05. The van der Waals surface area contributed by atoms with Crippen molar-refractivity contribution in [2.75, 3.05) is 0 Å². The van der Waals surface area contributed by atoms with Crippen LogP contribution >= 0.6 is 0 Å². The highest BCUT2D eigenvalue weighted by atomic mass is 15.1. The maximum atomic E-state index is 6.42. The van der Waals surface area contributed by atoms with E-state index in [4.69, 9.17) is 5.73 Å². The predicted octanol–water partition coefficient (Wildman–Crippen LogP) is 2.15. The van der Waals surface area contributed by atoms with Gasteiger partial charge in [-0.25, -0.2) is 0 Å². The van der Waals surface area contributed by atoms with Gasteiger partial charge in [0.05, 0.1) is 11.7 Å². The maximum Gasteiger partial charge on any atom is 0.0701 e. The number of fused-ring (bicyclic) bond motifs is 1. The fourth-order valence-electron chi connectivity index (χ4n) is 2.45. The minimum Gasteiger partial charge on any atom is -0.321 e. The van der Waals surface area contributed by atoms with E-state index in [1.165, 1.54) is 5.56 Å². The average molecular weight is 201 g/mol. The van der Waals surface area contributed by atoms with E-state index in [1.54, 1.807) is 0 Å². The number of nitrogens with one attached hydrogen (secondary N) is 1. The Balaban J connectivity index is 2.24. The Labute approximate surface area is 88.7 Å². The third-order valence-electron chi connectivity index (χ3n) is 3.76. The predicted molar refractivity (Wildman–Crippen MR) is 60.4 cm³/mol. The van der Waals surface area contributed by atoms with E-state index in [2.05, 4.69) is 42.2 Å². The number of rotatable bonds is 1. The Morgan fingerprint density at radius 3 is 2.80 bits per heavy atom. The van der Waals surface area contributed by atoms with Crippen molar-refractivity contribution < 1.29 is 0 Å². The minimum absolute atomic E-state index is 0.182. The minimum atomic E-state index is -0.182. The molecule has 1 aromatic carbocycles. The lowest BCUT2D eigenvalue weighted by atomic mass is 9.95. The first kappa shape index (κ1) is 8.92. The molecule has 1 fully saturated rings. The molecule has 0 amide bonds. The molecule has 1 aliphatic rings. The van der Waals surface area contributed by atoms with Gasteiger partial charge in [-0.05, 0) is 17.4 Å². The van der Waals surface area contributed by atoms with E-state index < -0.39 is 0 Å². The normalized spacial score (nSPS) is 28.2. The van der Waals surface area contributed by atoms with E-state index in [1.807, 2.05) is 6.20 Å². The second kappa shape index (κ2) is 2.42. The van der Waals surface area contributed by atoms with Gasteiger partial charge >= 0.3 is 0 Å². The monoisotopic (exact) mass is 201 g/mol. The second-order valence-corrected chi connectivity index (χ2v) is 5.17. The number of benzene rings is 1. The number of H-pyrrole nitrogens is 1. The Hall–Kier alpha value is -1.35. The third-order valence-corrected chi connectivity index (χ3v) is 3.76. The van der Waals surface area contributed by atoms with Gasteiger partial charge in [-0.2, -0.15) is 5.10 Å². The molecule has 15 heavy (non-hydrogen) atoms. The fourth-order valence-corrected chi connectivity index (χ4v) is 2.45. The summed E-state index contributed by atoms with van der Waals surface area (Å²) in [7, 11) is 0. The molecule has 0 saturated heterocycles. The molecule has 0 radical (unpaired) electrons. The van der Waals surface area contributed by atoms with E-state index >= 15 is 0 Å². The molecule has 1 heterocycles. The SMILES string of the molecule is CC1(C)CC1(N)c1cccc2cn[nH]c12. The Bertz CT molecular complexity index is 526. The summed E-state index contributed by atoms with van der Waals surface area (Å²) in [6.45, 7) is 4.42. The van der Waals surface area contributed by atoms with Gasteiger partial charge in [0, 0.05) is 10.9 Å². The van der Waals surface area contributed by atoms with Gasteiger partial charge in [0.2, 0.25) is 0 Å². The van der Waals surface area contributed by atoms with Gasteiger partial charge in [-0.3, -0.25) is 5.10 Å². The van der Waals surface area contributed by atoms with Crippen LogP contribution in [0.2, 0.25) is 0 Å². The van der Waals surface area contributed by atoms with Crippen molar-refractivity contribution >= 4 is 10.9 Å². The van der Waals surface area contributed by atoms with Crippen LogP contribution in [0.15, 0.2) is 24.4 Å². The summed E-state index contributed by atoms with van der Waals surface area (Å²) in [5, 5.41) is 8.25. The van der Waals surface area contributed by atoms with Gasteiger partial charge in [0.25, 0.3) is 0 Å². The third kappa shape index (κ3) is 1.01. The van der Waals surface area contributed by atoms with Crippen molar-refractivity contribution in [1.82, 2.24) is 10.2 Å². The highest BCUT2D eigenvalue weighted by Crippen LogP contribution is 2.61. The van der Waals surface area contributed by atoms with Crippen molar-refractivity contribution in [1.29, 1.82) is 0 Å². The van der Waals surface area contributed by atoms with Crippen LogP contribution < -0.4 is 5.73 Å². The number of nitrogens with zero attached hydrogens (tertiary/aromatic N) is 1. The molecule has 1 aliphatic carbocycles. The summed E-state index contributed by atoms with van der Waals surface area (Å²) >= 11 is 0. The molecule has 1 atom stereocenters. The molecule has 1 saturated carbocycles. The Morgan fingerprint density at radius 2 is 2.13 bits per heavy atom. The van der Waals surface area contributed by atoms with Crippen molar-refractivity contribution in [3.63, 3.8) is 0 Å². The smallest absolute Gasteiger partial charge is 0.0701 e. The zero-order valence-electron chi connectivity index (χ0n) is 9.04. The highest BCUT2D eigenvalue weighted by molar-refractivity contribution is 5.83. The summed E-state index contributed by atoms with van der Waals surface area (Å²) in [6.07, 6.45) is 2.88. The molecule has 1 unspecified atom stereocenters. The van der Waals surface area contributed by atoms with Crippen LogP contribution in [0, 0.1) is 5.41 Å². The lowest BCUT2D eigenvalue weighted by Gasteiger charge is -2.16. The van der Waals surface area contributed by atoms with Crippen LogP contribution in [0.4, 0.5) is 0 Å². The van der Waals surface area contributed by atoms with Gasteiger partial charge in [0.1, 0.15) is 0 Å². The maximum absolute atomic E-state index is 6.42. The molecular weight excluding hydrogens is 186 g/mol. The number of para-hydroxylation sites is 1. The van der Waals surface area contributed by atoms with E-state index in [0.29, 0.717) is 0 Å². The van der Waals surface area contributed by atoms with Crippen molar-refractivity contribution in [3.8, 4) is 0 Å². The molecule has 1 aromatic heterocycles. The van der Waals surface area contributed by atoms with Crippen LogP contribution in [0.1, 0.15) is 25.8 Å². The molecule has 3 rings (SSSR count). The van der Waals surface area contributed by atoms with E-state index in [0.717, 1.165) is 17.3 Å². The summed E-state index contributed by atoms with van der Waals surface area (Å²) in [5.41, 5.74) is 8.73. The Kier molecular flexibility index (Phi) is 1.44. The molecule has 78 valence electrons. The molecule has 0 aliphatic heterocycles. The number of hydrogen-bond donors (Lipinski definition) is 2. The first-order valence-electron chi connectivity index (χ1n) is 5.26. The van der Waals surface area contributed by atoms with Crippen molar-refractivity contribution in [2.45, 2.75) is 25.8 Å². The summed E-state index contributed by atoms with van der Waals surface area (Å²) in [5.74, 6) is 0. The van der Waals surface area contributed by atoms with Crippen LogP contribution in [-0.4, -0.2) is 10.2 Å². The van der Waals surface area contributed by atoms with Gasteiger partial charge in [-0.15, -0.1) is 0 Å². The van der Waals surface area contributed by atoms with Crippen LogP contribution in [0.3, 0.4) is 0 Å². The van der Waals surface area contributed by atoms with Crippen LogP contribution in [0.5, 0.6) is 0 Å². The van der Waals surface area contributed by atoms with Gasteiger partial charge in [0.15, 0.2) is 0 Å². The Morgan fingerprint density at radius 1 is 1.40 bits per heavy atom. The second-order valence-electron chi connectivity index (χ2n) is 5.17. The lowest BCUT2D eigenvalue weighted by Crippen LogP contribution is -2.25. The zero-order valence-corrected chi connectivity index (χ0v) is 9.04. The molecule has 3 nitrogen and oxygen atoms in total. The first-order valence-corrected chi connectivity index (χ1v) is 5.26. The summed E-state index contributed by atoms with van der Waals surface area (Å²) < 4.78 is 0. The van der Waals surface area contributed by atoms with E-state index in [9.17, 15) is 0 Å². The number of aromatic nitrogens is 2. The highest BCUT2D eigenvalue weighted by Gasteiger charge is 2.60. The zero-order chi connectivity index (χ0) is 10.7. The topological polar surface area (TPSA) is 54.7 Å². The molecule has 3 heteroatoms.